The number of rotatable bonds is 1. The Bertz CT molecular complexity index is 604. The topological polar surface area (TPSA) is 59.2 Å². The number of benzene rings is 1. The number of fused-ring (bicyclic) bond motifs is 1. The van der Waals surface area contributed by atoms with Crippen LogP contribution in [0.15, 0.2) is 30.3 Å². The summed E-state index contributed by atoms with van der Waals surface area (Å²) in [6.07, 6.45) is 0. The zero-order valence-electron chi connectivity index (χ0n) is 10.0. The molecule has 1 aliphatic heterocycles. The van der Waals surface area contributed by atoms with E-state index in [1.807, 2.05) is 30.3 Å². The van der Waals surface area contributed by atoms with Gasteiger partial charge in [0, 0.05) is 46.5 Å². The Labute approximate surface area is 108 Å². The molecule has 94 valence electrons. The fourth-order valence-electron chi connectivity index (χ4n) is 2.18. The first kappa shape index (κ1) is 11.5. The Morgan fingerprint density at radius 3 is 2.72 bits per heavy atom. The van der Waals surface area contributed by atoms with E-state index in [0.717, 1.165) is 47.0 Å². The second kappa shape index (κ2) is 4.57. The lowest BCUT2D eigenvalue weighted by atomic mass is 10.2. The molecule has 1 aliphatic rings. The van der Waals surface area contributed by atoms with Gasteiger partial charge >= 0.3 is 0 Å². The normalized spacial score (nSPS) is 17.2. The second-order valence-electron chi connectivity index (χ2n) is 4.46. The molecular formula is C13H15N3OS. The van der Waals surface area contributed by atoms with Gasteiger partial charge in [0.05, 0.1) is 5.52 Å². The van der Waals surface area contributed by atoms with Gasteiger partial charge in [0.25, 0.3) is 0 Å². The zero-order valence-corrected chi connectivity index (χ0v) is 10.8. The molecule has 0 amide bonds. The Hall–Kier alpha value is -1.62. The maximum atomic E-state index is 11.3. The van der Waals surface area contributed by atoms with E-state index in [1.54, 1.807) is 0 Å². The van der Waals surface area contributed by atoms with Gasteiger partial charge in [-0.2, -0.15) is 0 Å². The molecule has 0 aliphatic carbocycles. The lowest BCUT2D eigenvalue weighted by Gasteiger charge is -2.27. The Morgan fingerprint density at radius 1 is 1.17 bits per heavy atom. The summed E-state index contributed by atoms with van der Waals surface area (Å²) >= 11 is 0. The Morgan fingerprint density at radius 2 is 1.94 bits per heavy atom. The van der Waals surface area contributed by atoms with Gasteiger partial charge in [-0.15, -0.1) is 0 Å². The molecule has 1 aromatic heterocycles. The third-order valence-corrected chi connectivity index (χ3v) is 4.48. The average molecular weight is 261 g/mol. The molecule has 2 heterocycles. The quantitative estimate of drug-likeness (QED) is 0.788. The predicted molar refractivity (Wildman–Crippen MR) is 76.2 cm³/mol. The van der Waals surface area contributed by atoms with Gasteiger partial charge in [-0.05, 0) is 30.3 Å². The monoisotopic (exact) mass is 261 g/mol. The van der Waals surface area contributed by atoms with Crippen LogP contribution in [0.2, 0.25) is 0 Å². The summed E-state index contributed by atoms with van der Waals surface area (Å²) in [5.41, 5.74) is 7.46. The third kappa shape index (κ3) is 2.18. The molecule has 0 atom stereocenters. The minimum absolute atomic E-state index is 0.651. The number of anilines is 2. The Balaban J connectivity index is 1.93. The first-order chi connectivity index (χ1) is 8.72. The molecule has 0 radical (unpaired) electrons. The van der Waals surface area contributed by atoms with Crippen LogP contribution in [0, 0.1) is 0 Å². The van der Waals surface area contributed by atoms with Crippen molar-refractivity contribution in [1.29, 1.82) is 0 Å². The van der Waals surface area contributed by atoms with E-state index in [-0.39, 0.29) is 0 Å². The van der Waals surface area contributed by atoms with E-state index < -0.39 is 10.8 Å². The first-order valence-electron chi connectivity index (χ1n) is 5.98. The first-order valence-corrected chi connectivity index (χ1v) is 7.47. The highest BCUT2D eigenvalue weighted by Crippen LogP contribution is 2.21. The predicted octanol–water partition coefficient (Wildman–Crippen LogP) is 1.39. The van der Waals surface area contributed by atoms with Crippen molar-refractivity contribution in [3.8, 4) is 0 Å². The molecule has 18 heavy (non-hydrogen) atoms. The van der Waals surface area contributed by atoms with Crippen LogP contribution < -0.4 is 10.6 Å². The number of hydrogen-bond donors (Lipinski definition) is 1. The zero-order chi connectivity index (χ0) is 12.5. The van der Waals surface area contributed by atoms with Gasteiger partial charge in [0.15, 0.2) is 0 Å². The highest BCUT2D eigenvalue weighted by atomic mass is 32.2. The van der Waals surface area contributed by atoms with Crippen LogP contribution in [-0.4, -0.2) is 33.8 Å². The number of nitrogen functional groups attached to an aromatic ring is 1. The fraction of sp³-hybridized carbons (Fsp3) is 0.308. The second-order valence-corrected chi connectivity index (χ2v) is 6.15. The minimum atomic E-state index is -0.651. The van der Waals surface area contributed by atoms with Crippen molar-refractivity contribution in [3.05, 3.63) is 30.3 Å². The van der Waals surface area contributed by atoms with Crippen LogP contribution in [-0.2, 0) is 10.8 Å². The van der Waals surface area contributed by atoms with Crippen LogP contribution >= 0.6 is 0 Å². The van der Waals surface area contributed by atoms with Crippen LogP contribution in [0.1, 0.15) is 0 Å². The van der Waals surface area contributed by atoms with Gasteiger partial charge in [0.2, 0.25) is 0 Å². The minimum Gasteiger partial charge on any atom is -0.399 e. The van der Waals surface area contributed by atoms with Crippen molar-refractivity contribution in [2.75, 3.05) is 35.2 Å². The summed E-state index contributed by atoms with van der Waals surface area (Å²) in [5, 5.41) is 1.05. The smallest absolute Gasteiger partial charge is 0.129 e. The highest BCUT2D eigenvalue weighted by molar-refractivity contribution is 7.85. The molecule has 3 rings (SSSR count). The van der Waals surface area contributed by atoms with E-state index in [4.69, 9.17) is 5.73 Å². The molecule has 2 N–H and O–H groups in total. The maximum absolute atomic E-state index is 11.3. The number of aromatic nitrogens is 1. The number of pyridine rings is 1. The van der Waals surface area contributed by atoms with Crippen molar-refractivity contribution in [3.63, 3.8) is 0 Å². The molecule has 0 bridgehead atoms. The third-order valence-electron chi connectivity index (χ3n) is 3.20. The summed E-state index contributed by atoms with van der Waals surface area (Å²) in [7, 11) is -0.651. The van der Waals surface area contributed by atoms with E-state index in [2.05, 4.69) is 9.88 Å². The molecule has 0 spiro atoms. The molecule has 1 fully saturated rings. The van der Waals surface area contributed by atoms with Gasteiger partial charge in [-0.1, -0.05) is 0 Å². The van der Waals surface area contributed by atoms with Crippen LogP contribution in [0.25, 0.3) is 10.9 Å². The van der Waals surface area contributed by atoms with Crippen LogP contribution in [0.3, 0.4) is 0 Å². The van der Waals surface area contributed by atoms with E-state index in [1.165, 1.54) is 0 Å². The van der Waals surface area contributed by atoms with Crippen LogP contribution in [0.5, 0.6) is 0 Å². The maximum Gasteiger partial charge on any atom is 0.129 e. The molecule has 1 saturated heterocycles. The van der Waals surface area contributed by atoms with Crippen LogP contribution in [0.4, 0.5) is 11.5 Å². The van der Waals surface area contributed by atoms with Gasteiger partial charge in [-0.25, -0.2) is 4.98 Å². The average Bonchev–Trinajstić information content (AvgIpc) is 2.39. The molecule has 2 aromatic rings. The highest BCUT2D eigenvalue weighted by Gasteiger charge is 2.16. The van der Waals surface area contributed by atoms with Gasteiger partial charge < -0.3 is 10.6 Å². The summed E-state index contributed by atoms with van der Waals surface area (Å²) in [5.74, 6) is 2.44. The van der Waals surface area contributed by atoms with E-state index in [0.29, 0.717) is 0 Å². The molecule has 0 saturated carbocycles. The fourth-order valence-corrected chi connectivity index (χ4v) is 3.23. The van der Waals surface area contributed by atoms with Gasteiger partial charge in [0.1, 0.15) is 5.82 Å². The van der Waals surface area contributed by atoms with E-state index in [9.17, 15) is 4.21 Å². The summed E-state index contributed by atoms with van der Waals surface area (Å²) < 4.78 is 11.3. The molecule has 5 heteroatoms. The summed E-state index contributed by atoms with van der Waals surface area (Å²) in [4.78, 5) is 6.83. The number of hydrogen-bond acceptors (Lipinski definition) is 4. The lowest BCUT2D eigenvalue weighted by molar-refractivity contribution is 0.672. The molecule has 0 unspecified atom stereocenters. The Kier molecular flexibility index (Phi) is 2.91. The lowest BCUT2D eigenvalue weighted by Crippen LogP contribution is -2.38. The summed E-state index contributed by atoms with van der Waals surface area (Å²) in [6, 6.07) is 9.79. The van der Waals surface area contributed by atoms with Gasteiger partial charge in [-0.3, -0.25) is 4.21 Å². The number of nitrogens with zero attached hydrogens (tertiary/aromatic N) is 2. The standard InChI is InChI=1S/C13H15N3OS/c14-11-2-3-12-10(9-11)1-4-13(15-12)16-5-7-18(17)8-6-16/h1-4,9H,5-8,14H2. The van der Waals surface area contributed by atoms with Crippen molar-refractivity contribution in [1.82, 2.24) is 4.98 Å². The van der Waals surface area contributed by atoms with Crippen molar-refractivity contribution in [2.45, 2.75) is 0 Å². The SMILES string of the molecule is Nc1ccc2nc(N3CCS(=O)CC3)ccc2c1. The molecular weight excluding hydrogens is 246 g/mol. The van der Waals surface area contributed by atoms with Crippen molar-refractivity contribution < 1.29 is 4.21 Å². The van der Waals surface area contributed by atoms with Crippen molar-refractivity contribution >= 4 is 33.2 Å². The largest absolute Gasteiger partial charge is 0.399 e. The molecule has 4 nitrogen and oxygen atoms in total. The molecule has 1 aromatic carbocycles. The van der Waals surface area contributed by atoms with E-state index >= 15 is 0 Å². The van der Waals surface area contributed by atoms with Crippen molar-refractivity contribution in [2.24, 2.45) is 0 Å². The number of nitrogens with two attached hydrogens (primary N) is 1. The summed E-state index contributed by atoms with van der Waals surface area (Å²) in [6.45, 7) is 1.64.